The van der Waals surface area contributed by atoms with Crippen molar-refractivity contribution in [2.24, 2.45) is 5.10 Å². The Morgan fingerprint density at radius 3 is 2.65 bits per heavy atom. The zero-order chi connectivity index (χ0) is 22.1. The quantitative estimate of drug-likeness (QED) is 0.500. The van der Waals surface area contributed by atoms with E-state index in [2.05, 4.69) is 10.5 Å². The maximum atomic E-state index is 12.3. The first-order valence-electron chi connectivity index (χ1n) is 10.4. The third-order valence-corrected chi connectivity index (χ3v) is 4.82. The first kappa shape index (κ1) is 22.1. The summed E-state index contributed by atoms with van der Waals surface area (Å²) in [5, 5.41) is 13.4. The molecule has 1 heterocycles. The van der Waals surface area contributed by atoms with Crippen LogP contribution in [-0.4, -0.2) is 54.3 Å². The van der Waals surface area contributed by atoms with E-state index >= 15 is 0 Å². The van der Waals surface area contributed by atoms with Crippen LogP contribution in [0.3, 0.4) is 0 Å². The fraction of sp³-hybridized carbons (Fsp3) is 0.348. The van der Waals surface area contributed by atoms with Gasteiger partial charge in [0, 0.05) is 18.7 Å². The van der Waals surface area contributed by atoms with Crippen molar-refractivity contribution in [3.8, 4) is 17.2 Å². The Labute approximate surface area is 181 Å². The number of benzene rings is 2. The first-order chi connectivity index (χ1) is 15.1. The third kappa shape index (κ3) is 6.47. The van der Waals surface area contributed by atoms with Gasteiger partial charge in [0.1, 0.15) is 5.75 Å². The summed E-state index contributed by atoms with van der Waals surface area (Å²) in [5.74, 6) is 0.522. The molecule has 1 fully saturated rings. The number of piperidine rings is 1. The number of hydrazone groups is 1. The maximum Gasteiger partial charge on any atom is 0.271 e. The van der Waals surface area contributed by atoms with Gasteiger partial charge in [0.2, 0.25) is 0 Å². The molecule has 2 N–H and O–H groups in total. The molecule has 0 aromatic heterocycles. The summed E-state index contributed by atoms with van der Waals surface area (Å²) in [4.78, 5) is 26.2. The Morgan fingerprint density at radius 2 is 1.90 bits per heavy atom. The smallest absolute Gasteiger partial charge is 0.271 e. The first-order valence-corrected chi connectivity index (χ1v) is 10.4. The molecule has 0 unspecified atom stereocenters. The highest BCUT2D eigenvalue weighted by molar-refractivity contribution is 5.95. The molecule has 2 aromatic carbocycles. The van der Waals surface area contributed by atoms with E-state index in [-0.39, 0.29) is 18.3 Å². The Balaban J connectivity index is 1.60. The SMILES string of the molecule is CCOc1cc(/C=N\NC(=O)c2cccc(O)c2)ccc1OCC(=O)N1CCCCC1. The van der Waals surface area contributed by atoms with Crippen LogP contribution in [0.25, 0.3) is 0 Å². The number of hydrogen-bond acceptors (Lipinski definition) is 6. The molecule has 0 bridgehead atoms. The summed E-state index contributed by atoms with van der Waals surface area (Å²) >= 11 is 0. The third-order valence-electron chi connectivity index (χ3n) is 4.82. The molecule has 0 saturated carbocycles. The van der Waals surface area contributed by atoms with Crippen LogP contribution < -0.4 is 14.9 Å². The molecule has 2 amide bonds. The molecule has 1 aliphatic rings. The van der Waals surface area contributed by atoms with Crippen LogP contribution in [0.2, 0.25) is 0 Å². The molecule has 2 aromatic rings. The fourth-order valence-corrected chi connectivity index (χ4v) is 3.24. The number of amides is 2. The Kier molecular flexibility index (Phi) is 7.86. The second-order valence-electron chi connectivity index (χ2n) is 7.12. The van der Waals surface area contributed by atoms with Gasteiger partial charge in [-0.15, -0.1) is 0 Å². The molecule has 1 saturated heterocycles. The summed E-state index contributed by atoms with van der Waals surface area (Å²) in [6.07, 6.45) is 4.71. The van der Waals surface area contributed by atoms with Crippen LogP contribution in [0.15, 0.2) is 47.6 Å². The normalized spacial score (nSPS) is 13.8. The van der Waals surface area contributed by atoms with Crippen molar-refractivity contribution in [1.29, 1.82) is 0 Å². The molecule has 0 spiro atoms. The molecular formula is C23H27N3O5. The number of nitrogens with zero attached hydrogens (tertiary/aromatic N) is 2. The van der Waals surface area contributed by atoms with Crippen molar-refractivity contribution in [1.82, 2.24) is 10.3 Å². The minimum Gasteiger partial charge on any atom is -0.508 e. The Hall–Kier alpha value is -3.55. The average molecular weight is 425 g/mol. The molecule has 0 atom stereocenters. The standard InChI is InChI=1S/C23H27N3O5/c1-2-30-21-13-17(15-24-25-23(29)18-7-6-8-19(27)14-18)9-10-20(21)31-16-22(28)26-11-4-3-5-12-26/h6-10,13-15,27H,2-5,11-12,16H2,1H3,(H,25,29)/b24-15-. The monoisotopic (exact) mass is 425 g/mol. The van der Waals surface area contributed by atoms with Gasteiger partial charge < -0.3 is 19.5 Å². The summed E-state index contributed by atoms with van der Waals surface area (Å²) in [5.41, 5.74) is 3.40. The molecule has 8 heteroatoms. The van der Waals surface area contributed by atoms with Crippen molar-refractivity contribution in [3.05, 3.63) is 53.6 Å². The number of aromatic hydroxyl groups is 1. The topological polar surface area (TPSA) is 100 Å². The second kappa shape index (κ2) is 11.0. The van der Waals surface area contributed by atoms with E-state index in [0.717, 1.165) is 32.4 Å². The van der Waals surface area contributed by atoms with E-state index in [9.17, 15) is 14.7 Å². The predicted molar refractivity (Wildman–Crippen MR) is 117 cm³/mol. The number of nitrogens with one attached hydrogen (secondary N) is 1. The van der Waals surface area contributed by atoms with Crippen molar-refractivity contribution in [2.45, 2.75) is 26.2 Å². The van der Waals surface area contributed by atoms with Crippen LogP contribution in [0.1, 0.15) is 42.1 Å². The van der Waals surface area contributed by atoms with Crippen LogP contribution in [0, 0.1) is 0 Å². The molecule has 3 rings (SSSR count). The van der Waals surface area contributed by atoms with Gasteiger partial charge in [-0.1, -0.05) is 6.07 Å². The van der Waals surface area contributed by atoms with Gasteiger partial charge in [0.05, 0.1) is 12.8 Å². The molecule has 0 radical (unpaired) electrons. The highest BCUT2D eigenvalue weighted by atomic mass is 16.5. The van der Waals surface area contributed by atoms with Crippen molar-refractivity contribution in [3.63, 3.8) is 0 Å². The van der Waals surface area contributed by atoms with Crippen LogP contribution >= 0.6 is 0 Å². The molecule has 8 nitrogen and oxygen atoms in total. The van der Waals surface area contributed by atoms with Crippen molar-refractivity contribution in [2.75, 3.05) is 26.3 Å². The van der Waals surface area contributed by atoms with E-state index in [0.29, 0.717) is 29.2 Å². The van der Waals surface area contributed by atoms with E-state index < -0.39 is 5.91 Å². The number of rotatable bonds is 8. The summed E-state index contributed by atoms with van der Waals surface area (Å²) in [6.45, 7) is 3.83. The highest BCUT2D eigenvalue weighted by Crippen LogP contribution is 2.28. The van der Waals surface area contributed by atoms with Gasteiger partial charge in [-0.2, -0.15) is 5.10 Å². The lowest BCUT2D eigenvalue weighted by atomic mass is 10.1. The maximum absolute atomic E-state index is 12.3. The van der Waals surface area contributed by atoms with Crippen LogP contribution in [0.4, 0.5) is 0 Å². The fourth-order valence-electron chi connectivity index (χ4n) is 3.24. The Bertz CT molecular complexity index is 939. The van der Waals surface area contributed by atoms with Gasteiger partial charge in [0.25, 0.3) is 11.8 Å². The number of carbonyl (C=O) groups is 2. The number of hydrogen-bond donors (Lipinski definition) is 2. The number of ether oxygens (including phenoxy) is 2. The van der Waals surface area contributed by atoms with E-state index in [1.165, 1.54) is 18.3 Å². The lowest BCUT2D eigenvalue weighted by molar-refractivity contribution is -0.134. The minimum atomic E-state index is -0.437. The largest absolute Gasteiger partial charge is 0.508 e. The lowest BCUT2D eigenvalue weighted by Gasteiger charge is -2.26. The van der Waals surface area contributed by atoms with E-state index in [4.69, 9.17) is 9.47 Å². The number of carbonyl (C=O) groups excluding carboxylic acids is 2. The van der Waals surface area contributed by atoms with Crippen molar-refractivity contribution < 1.29 is 24.2 Å². The van der Waals surface area contributed by atoms with Crippen LogP contribution in [0.5, 0.6) is 17.2 Å². The molecular weight excluding hydrogens is 398 g/mol. The zero-order valence-electron chi connectivity index (χ0n) is 17.5. The number of phenols is 1. The molecule has 31 heavy (non-hydrogen) atoms. The summed E-state index contributed by atoms with van der Waals surface area (Å²) < 4.78 is 11.4. The van der Waals surface area contributed by atoms with Gasteiger partial charge in [0.15, 0.2) is 18.1 Å². The van der Waals surface area contributed by atoms with Gasteiger partial charge >= 0.3 is 0 Å². The van der Waals surface area contributed by atoms with Crippen LogP contribution in [-0.2, 0) is 4.79 Å². The number of phenolic OH excluding ortho intramolecular Hbond substituents is 1. The molecule has 0 aliphatic carbocycles. The molecule has 1 aliphatic heterocycles. The molecule has 164 valence electrons. The van der Waals surface area contributed by atoms with Gasteiger partial charge in [-0.05, 0) is 68.1 Å². The van der Waals surface area contributed by atoms with Crippen molar-refractivity contribution >= 4 is 18.0 Å². The second-order valence-corrected chi connectivity index (χ2v) is 7.12. The van der Waals surface area contributed by atoms with E-state index in [1.54, 1.807) is 30.3 Å². The highest BCUT2D eigenvalue weighted by Gasteiger charge is 2.17. The Morgan fingerprint density at radius 1 is 1.10 bits per heavy atom. The van der Waals surface area contributed by atoms with Gasteiger partial charge in [-0.25, -0.2) is 5.43 Å². The minimum absolute atomic E-state index is 0.00680. The predicted octanol–water partition coefficient (Wildman–Crippen LogP) is 2.95. The summed E-state index contributed by atoms with van der Waals surface area (Å²) in [6, 6.07) is 11.2. The van der Waals surface area contributed by atoms with Gasteiger partial charge in [-0.3, -0.25) is 9.59 Å². The van der Waals surface area contributed by atoms with E-state index in [1.807, 2.05) is 11.8 Å². The lowest BCUT2D eigenvalue weighted by Crippen LogP contribution is -2.38. The average Bonchev–Trinajstić information content (AvgIpc) is 2.79. The number of likely N-dealkylation sites (tertiary alicyclic amines) is 1. The summed E-state index contributed by atoms with van der Waals surface area (Å²) in [7, 11) is 0. The zero-order valence-corrected chi connectivity index (χ0v) is 17.5.